The predicted octanol–water partition coefficient (Wildman–Crippen LogP) is 3.38. The molecule has 0 saturated carbocycles. The SMILES string of the molecule is COc1ccc(F)c(-c2nc(C)cc(N3CCN(C)CC3)n2)c1.Cc1cc(C)[nH]n1. The lowest BCUT2D eigenvalue weighted by molar-refractivity contribution is 0.312. The molecule has 0 radical (unpaired) electrons. The number of aromatic amines is 1. The Bertz CT molecular complexity index is 965. The first-order valence-electron chi connectivity index (χ1n) is 9.97. The van der Waals surface area contributed by atoms with Gasteiger partial charge in [0, 0.05) is 43.6 Å². The second-order valence-corrected chi connectivity index (χ2v) is 7.52. The molecule has 1 aliphatic heterocycles. The molecule has 3 heterocycles. The van der Waals surface area contributed by atoms with Gasteiger partial charge in [0.25, 0.3) is 0 Å². The van der Waals surface area contributed by atoms with Crippen molar-refractivity contribution in [2.24, 2.45) is 0 Å². The van der Waals surface area contributed by atoms with Crippen molar-refractivity contribution in [2.45, 2.75) is 20.8 Å². The van der Waals surface area contributed by atoms with Crippen molar-refractivity contribution in [3.05, 3.63) is 53.2 Å². The number of nitrogens with one attached hydrogen (secondary N) is 1. The van der Waals surface area contributed by atoms with Crippen LogP contribution in [-0.4, -0.2) is 65.4 Å². The van der Waals surface area contributed by atoms with Gasteiger partial charge in [0.1, 0.15) is 17.4 Å². The molecule has 2 aromatic heterocycles. The molecule has 8 heteroatoms. The summed E-state index contributed by atoms with van der Waals surface area (Å²) in [7, 11) is 3.67. The van der Waals surface area contributed by atoms with Crippen molar-refractivity contribution >= 4 is 5.82 Å². The van der Waals surface area contributed by atoms with Crippen LogP contribution in [-0.2, 0) is 0 Å². The van der Waals surface area contributed by atoms with Crippen LogP contribution in [0.5, 0.6) is 5.75 Å². The van der Waals surface area contributed by atoms with Crippen LogP contribution in [0, 0.1) is 26.6 Å². The number of H-pyrrole nitrogens is 1. The van der Waals surface area contributed by atoms with Gasteiger partial charge in [-0.25, -0.2) is 14.4 Å². The molecule has 1 aliphatic rings. The van der Waals surface area contributed by atoms with Crippen molar-refractivity contribution in [3.63, 3.8) is 0 Å². The summed E-state index contributed by atoms with van der Waals surface area (Å²) in [5.74, 6) is 1.49. The number of piperazine rings is 1. The zero-order valence-electron chi connectivity index (χ0n) is 18.2. The lowest BCUT2D eigenvalue weighted by atomic mass is 10.1. The molecule has 1 fully saturated rings. The highest BCUT2D eigenvalue weighted by molar-refractivity contribution is 5.61. The fourth-order valence-electron chi connectivity index (χ4n) is 3.23. The maximum Gasteiger partial charge on any atom is 0.164 e. The zero-order chi connectivity index (χ0) is 21.7. The highest BCUT2D eigenvalue weighted by atomic mass is 19.1. The number of benzene rings is 1. The molecule has 0 bridgehead atoms. The molecular weight excluding hydrogens is 383 g/mol. The van der Waals surface area contributed by atoms with E-state index in [1.54, 1.807) is 19.2 Å². The number of hydrogen-bond acceptors (Lipinski definition) is 6. The summed E-state index contributed by atoms with van der Waals surface area (Å²) in [5, 5.41) is 6.71. The standard InChI is InChI=1S/C17H21FN4O.C5H8N2/c1-12-10-16(22-8-6-21(2)7-9-22)20-17(19-12)14-11-13(23-3)4-5-15(14)18;1-4-3-5(2)7-6-4/h4-5,10-11H,6-9H2,1-3H3;3H,1-2H3,(H,6,7). The minimum Gasteiger partial charge on any atom is -0.497 e. The van der Waals surface area contributed by atoms with Crippen LogP contribution in [0.4, 0.5) is 10.2 Å². The summed E-state index contributed by atoms with van der Waals surface area (Å²) in [4.78, 5) is 13.5. The minimum atomic E-state index is -0.347. The number of halogens is 1. The Labute approximate surface area is 176 Å². The Morgan fingerprint density at radius 3 is 2.27 bits per heavy atom. The average Bonchev–Trinajstić information content (AvgIpc) is 3.11. The van der Waals surface area contributed by atoms with Crippen LogP contribution in [0.15, 0.2) is 30.3 Å². The predicted molar refractivity (Wildman–Crippen MR) is 116 cm³/mol. The fraction of sp³-hybridized carbons (Fsp3) is 0.409. The smallest absolute Gasteiger partial charge is 0.164 e. The molecule has 0 spiro atoms. The molecule has 0 atom stereocenters. The van der Waals surface area contributed by atoms with Gasteiger partial charge >= 0.3 is 0 Å². The summed E-state index contributed by atoms with van der Waals surface area (Å²) < 4.78 is 19.4. The van der Waals surface area contributed by atoms with E-state index in [4.69, 9.17) is 4.74 Å². The van der Waals surface area contributed by atoms with Gasteiger partial charge in [-0.2, -0.15) is 5.10 Å². The molecule has 7 nitrogen and oxygen atoms in total. The number of methoxy groups -OCH3 is 1. The molecule has 160 valence electrons. The number of hydrogen-bond donors (Lipinski definition) is 1. The monoisotopic (exact) mass is 412 g/mol. The van der Waals surface area contributed by atoms with Gasteiger partial charge in [0.05, 0.1) is 18.4 Å². The number of rotatable bonds is 3. The minimum absolute atomic E-state index is 0.347. The van der Waals surface area contributed by atoms with E-state index in [-0.39, 0.29) is 5.82 Å². The number of anilines is 1. The van der Waals surface area contributed by atoms with Crippen molar-refractivity contribution < 1.29 is 9.13 Å². The summed E-state index contributed by atoms with van der Waals surface area (Å²) in [6.45, 7) is 9.66. The molecule has 0 aliphatic carbocycles. The maximum atomic E-state index is 14.2. The highest BCUT2D eigenvalue weighted by Crippen LogP contribution is 2.26. The first-order valence-corrected chi connectivity index (χ1v) is 9.97. The molecule has 0 unspecified atom stereocenters. The summed E-state index contributed by atoms with van der Waals surface area (Å²) in [6, 6.07) is 8.57. The van der Waals surface area contributed by atoms with Crippen LogP contribution in [0.1, 0.15) is 17.1 Å². The van der Waals surface area contributed by atoms with Gasteiger partial charge in [-0.3, -0.25) is 5.10 Å². The van der Waals surface area contributed by atoms with Gasteiger partial charge in [-0.05, 0) is 52.1 Å². The normalized spacial score (nSPS) is 14.3. The first-order chi connectivity index (χ1) is 14.4. The third-order valence-electron chi connectivity index (χ3n) is 4.92. The Hall–Kier alpha value is -3.00. The van der Waals surface area contributed by atoms with Gasteiger partial charge in [-0.15, -0.1) is 0 Å². The molecule has 1 N–H and O–H groups in total. The number of ether oxygens (including phenoxy) is 1. The molecular formula is C22H29FN6O. The first kappa shape index (κ1) is 21.7. The highest BCUT2D eigenvalue weighted by Gasteiger charge is 2.18. The number of aryl methyl sites for hydroxylation is 3. The molecule has 0 amide bonds. The number of nitrogens with zero attached hydrogens (tertiary/aromatic N) is 5. The Morgan fingerprint density at radius 1 is 0.967 bits per heavy atom. The Morgan fingerprint density at radius 2 is 1.70 bits per heavy atom. The van der Waals surface area contributed by atoms with Crippen molar-refractivity contribution in [3.8, 4) is 17.1 Å². The summed E-state index contributed by atoms with van der Waals surface area (Å²) >= 11 is 0. The van der Waals surface area contributed by atoms with E-state index in [0.717, 1.165) is 49.1 Å². The summed E-state index contributed by atoms with van der Waals surface area (Å²) in [6.07, 6.45) is 0. The molecule has 3 aromatic rings. The van der Waals surface area contributed by atoms with E-state index in [1.807, 2.05) is 32.9 Å². The van der Waals surface area contributed by atoms with E-state index < -0.39 is 0 Å². The molecule has 4 rings (SSSR count). The van der Waals surface area contributed by atoms with Crippen LogP contribution in [0.2, 0.25) is 0 Å². The van der Waals surface area contributed by atoms with Crippen LogP contribution >= 0.6 is 0 Å². The maximum absolute atomic E-state index is 14.2. The quantitative estimate of drug-likeness (QED) is 0.711. The van der Waals surface area contributed by atoms with Crippen molar-refractivity contribution in [2.75, 3.05) is 45.2 Å². The largest absolute Gasteiger partial charge is 0.497 e. The van der Waals surface area contributed by atoms with Crippen molar-refractivity contribution in [1.82, 2.24) is 25.1 Å². The second-order valence-electron chi connectivity index (χ2n) is 7.52. The number of likely N-dealkylation sites (N-methyl/N-ethyl adjacent to an activating group) is 1. The van der Waals surface area contributed by atoms with E-state index >= 15 is 0 Å². The van der Waals surface area contributed by atoms with Gasteiger partial charge in [-0.1, -0.05) is 0 Å². The third-order valence-corrected chi connectivity index (χ3v) is 4.92. The second kappa shape index (κ2) is 9.67. The Kier molecular flexibility index (Phi) is 6.99. The van der Waals surface area contributed by atoms with Gasteiger partial charge in [0.2, 0.25) is 0 Å². The van der Waals surface area contributed by atoms with E-state index in [2.05, 4.69) is 37.0 Å². The fourth-order valence-corrected chi connectivity index (χ4v) is 3.23. The van der Waals surface area contributed by atoms with Gasteiger partial charge in [0.15, 0.2) is 5.82 Å². The topological polar surface area (TPSA) is 70.2 Å². The molecule has 30 heavy (non-hydrogen) atoms. The Balaban J connectivity index is 0.000000310. The lowest BCUT2D eigenvalue weighted by Crippen LogP contribution is -2.44. The number of aromatic nitrogens is 4. The van der Waals surface area contributed by atoms with Crippen molar-refractivity contribution in [1.29, 1.82) is 0 Å². The van der Waals surface area contributed by atoms with E-state index in [9.17, 15) is 4.39 Å². The average molecular weight is 413 g/mol. The molecule has 1 aromatic carbocycles. The van der Waals surface area contributed by atoms with Crippen LogP contribution in [0.25, 0.3) is 11.4 Å². The van der Waals surface area contributed by atoms with Crippen LogP contribution in [0.3, 0.4) is 0 Å². The lowest BCUT2D eigenvalue weighted by Gasteiger charge is -2.33. The molecule has 1 saturated heterocycles. The van der Waals surface area contributed by atoms with Crippen LogP contribution < -0.4 is 9.64 Å². The zero-order valence-corrected chi connectivity index (χ0v) is 18.2. The van der Waals surface area contributed by atoms with Gasteiger partial charge < -0.3 is 14.5 Å². The summed E-state index contributed by atoms with van der Waals surface area (Å²) in [5.41, 5.74) is 3.37. The van der Waals surface area contributed by atoms with E-state index in [1.165, 1.54) is 6.07 Å². The van der Waals surface area contributed by atoms with E-state index in [0.29, 0.717) is 17.1 Å². The third kappa shape index (κ3) is 5.54.